The van der Waals surface area contributed by atoms with Crippen molar-refractivity contribution in [2.75, 3.05) is 0 Å². The first-order valence-electron chi connectivity index (χ1n) is 13.5. The van der Waals surface area contributed by atoms with Gasteiger partial charge in [0, 0.05) is 31.0 Å². The fourth-order valence-corrected chi connectivity index (χ4v) is 3.90. The van der Waals surface area contributed by atoms with Crippen molar-refractivity contribution in [2.24, 2.45) is 0 Å². The van der Waals surface area contributed by atoms with E-state index in [9.17, 15) is 4.79 Å². The van der Waals surface area contributed by atoms with Crippen LogP contribution in [0.1, 0.15) is 32.6 Å². The van der Waals surface area contributed by atoms with Gasteiger partial charge in [-0.2, -0.15) is 0 Å². The number of nitrogens with zero attached hydrogens (tertiary/aromatic N) is 5. The van der Waals surface area contributed by atoms with Crippen LogP contribution >= 0.6 is 0 Å². The van der Waals surface area contributed by atoms with Crippen LogP contribution in [0.15, 0.2) is 116 Å². The molecule has 0 fully saturated rings. The number of aryl methyl sites for hydroxylation is 4. The van der Waals surface area contributed by atoms with Crippen molar-refractivity contribution >= 4 is 6.29 Å². The van der Waals surface area contributed by atoms with E-state index in [2.05, 4.69) is 58.7 Å². The molecule has 0 saturated heterocycles. The van der Waals surface area contributed by atoms with Gasteiger partial charge in [-0.3, -0.25) is 19.9 Å². The average molecular weight is 741 g/mol. The second-order valence-corrected chi connectivity index (χ2v) is 9.74. The molecule has 7 heteroatoms. The zero-order valence-corrected chi connectivity index (χ0v) is 27.1. The largest absolute Gasteiger partial charge is 2.00 e. The monoisotopic (exact) mass is 742 g/mol. The fraction of sp³-hybridized carbons (Fsp3) is 0.111. The van der Waals surface area contributed by atoms with Crippen LogP contribution in [0.3, 0.4) is 0 Å². The average Bonchev–Trinajstić information content (AvgIpc) is 3.02. The first kappa shape index (κ1) is 32.8. The van der Waals surface area contributed by atoms with E-state index < -0.39 is 0 Å². The van der Waals surface area contributed by atoms with Crippen LogP contribution in [0.5, 0.6) is 0 Å². The van der Waals surface area contributed by atoms with Crippen LogP contribution < -0.4 is 0 Å². The summed E-state index contributed by atoms with van der Waals surface area (Å²) < 4.78 is 0. The molecule has 6 nitrogen and oxygen atoms in total. The number of hydrogen-bond acceptors (Lipinski definition) is 6. The molecule has 1 aromatic carbocycles. The zero-order valence-electron chi connectivity index (χ0n) is 24.5. The van der Waals surface area contributed by atoms with E-state index in [0.29, 0.717) is 5.56 Å². The molecule has 0 bridgehead atoms. The van der Waals surface area contributed by atoms with Crippen molar-refractivity contribution in [2.45, 2.75) is 27.7 Å². The number of pyridine rings is 5. The third kappa shape index (κ3) is 10.2. The molecule has 0 amide bonds. The van der Waals surface area contributed by atoms with Gasteiger partial charge in [0.05, 0.1) is 22.8 Å². The maximum Gasteiger partial charge on any atom is 2.00 e. The molecule has 5 heterocycles. The third-order valence-electron chi connectivity index (χ3n) is 6.10. The quantitative estimate of drug-likeness (QED) is 0.135. The number of carbonyl (C=O) groups is 1. The van der Waals surface area contributed by atoms with Gasteiger partial charge in [-0.15, -0.1) is 29.8 Å². The van der Waals surface area contributed by atoms with Crippen LogP contribution in [0, 0.1) is 33.8 Å². The molecule has 6 aromatic rings. The van der Waals surface area contributed by atoms with Gasteiger partial charge in [0.1, 0.15) is 6.29 Å². The Balaban J connectivity index is 0.000000175. The Morgan fingerprint density at radius 2 is 0.930 bits per heavy atom. The van der Waals surface area contributed by atoms with E-state index in [-0.39, 0.29) is 19.8 Å². The standard InChI is InChI=1S/2C12H12N2.C12H8NO.Os/c2*1-9-3-5-13-11(7-9)12-8-10(2)4-6-14-12;14-9-10-4-6-11(7-5-10)12-3-1-2-8-13-12;/h2*3-8H,1-2H3;1-6,8-9H;/q;;-1;+2. The van der Waals surface area contributed by atoms with Gasteiger partial charge >= 0.3 is 19.8 Å². The summed E-state index contributed by atoms with van der Waals surface area (Å²) >= 11 is 0. The molecule has 0 saturated carbocycles. The van der Waals surface area contributed by atoms with Gasteiger partial charge in [-0.25, -0.2) is 0 Å². The van der Waals surface area contributed by atoms with Gasteiger partial charge in [0.15, 0.2) is 0 Å². The topological polar surface area (TPSA) is 81.5 Å². The van der Waals surface area contributed by atoms with E-state index >= 15 is 0 Å². The molecule has 6 rings (SSSR count). The number of aldehydes is 1. The van der Waals surface area contributed by atoms with Gasteiger partial charge in [-0.05, 0) is 110 Å². The van der Waals surface area contributed by atoms with Crippen LogP contribution in [0.4, 0.5) is 0 Å². The number of aromatic nitrogens is 5. The summed E-state index contributed by atoms with van der Waals surface area (Å²) in [5.41, 5.74) is 11.0. The molecule has 0 atom stereocenters. The van der Waals surface area contributed by atoms with Gasteiger partial charge < -0.3 is 9.78 Å². The minimum atomic E-state index is 0. The van der Waals surface area contributed by atoms with E-state index in [0.717, 1.165) is 40.3 Å². The Morgan fingerprint density at radius 1 is 0.512 bits per heavy atom. The molecule has 0 radical (unpaired) electrons. The van der Waals surface area contributed by atoms with E-state index in [1.54, 1.807) is 18.3 Å². The van der Waals surface area contributed by atoms with Crippen LogP contribution in [-0.2, 0) is 19.8 Å². The van der Waals surface area contributed by atoms with Crippen molar-refractivity contribution in [3.05, 3.63) is 150 Å². The molecule has 43 heavy (non-hydrogen) atoms. The van der Waals surface area contributed by atoms with Crippen molar-refractivity contribution in [1.29, 1.82) is 0 Å². The summed E-state index contributed by atoms with van der Waals surface area (Å²) in [4.78, 5) is 31.8. The predicted molar refractivity (Wildman–Crippen MR) is 168 cm³/mol. The normalized spacial score (nSPS) is 9.77. The molecular formula is C36H32N5OOs+. The summed E-state index contributed by atoms with van der Waals surface area (Å²) in [6, 6.07) is 30.1. The number of hydrogen-bond donors (Lipinski definition) is 0. The molecule has 0 spiro atoms. The van der Waals surface area contributed by atoms with Crippen molar-refractivity contribution < 1.29 is 24.6 Å². The number of benzene rings is 1. The van der Waals surface area contributed by atoms with Gasteiger partial charge in [0.25, 0.3) is 0 Å². The Labute approximate surface area is 266 Å². The maximum atomic E-state index is 10.4. The molecule has 0 aliphatic rings. The Morgan fingerprint density at radius 3 is 1.23 bits per heavy atom. The second kappa shape index (κ2) is 16.7. The Hall–Kier alpha value is -4.72. The van der Waals surface area contributed by atoms with Crippen molar-refractivity contribution in [3.63, 3.8) is 0 Å². The number of carbonyl (C=O) groups excluding carboxylic acids is 1. The van der Waals surface area contributed by atoms with Gasteiger partial charge in [0.2, 0.25) is 0 Å². The molecule has 0 aliphatic carbocycles. The second-order valence-electron chi connectivity index (χ2n) is 9.74. The minimum Gasteiger partial charge on any atom is -0.309 e. The third-order valence-corrected chi connectivity index (χ3v) is 6.10. The van der Waals surface area contributed by atoms with Crippen molar-refractivity contribution in [3.8, 4) is 34.0 Å². The first-order chi connectivity index (χ1) is 20.4. The zero-order chi connectivity index (χ0) is 29.7. The summed E-state index contributed by atoms with van der Waals surface area (Å²) in [5.74, 6) is 0. The Bertz CT molecular complexity index is 1570. The van der Waals surface area contributed by atoms with E-state index in [1.807, 2.05) is 97.6 Å². The minimum absolute atomic E-state index is 0. The van der Waals surface area contributed by atoms with Crippen LogP contribution in [-0.4, -0.2) is 31.2 Å². The Kier molecular flexibility index (Phi) is 12.7. The fourth-order valence-electron chi connectivity index (χ4n) is 3.90. The SMILES string of the molecule is Cc1ccnc(-c2cc(C)ccn2)c1.Cc1ccnc(-c2cc(C)ccn2)c1.O=Cc1c[c-]c(-c2ccccn2)cc1.[Os+2]. The molecular weight excluding hydrogens is 709 g/mol. The molecule has 0 N–H and O–H groups in total. The summed E-state index contributed by atoms with van der Waals surface area (Å²) in [6.45, 7) is 8.23. The van der Waals surface area contributed by atoms with Gasteiger partial charge in [-0.1, -0.05) is 17.7 Å². The summed E-state index contributed by atoms with van der Waals surface area (Å²) in [6.07, 6.45) is 9.79. The van der Waals surface area contributed by atoms with Crippen LogP contribution in [0.2, 0.25) is 0 Å². The van der Waals surface area contributed by atoms with Crippen molar-refractivity contribution in [1.82, 2.24) is 24.9 Å². The summed E-state index contributed by atoms with van der Waals surface area (Å²) in [7, 11) is 0. The van der Waals surface area contributed by atoms with Crippen LogP contribution in [0.25, 0.3) is 34.0 Å². The molecule has 0 aliphatic heterocycles. The van der Waals surface area contributed by atoms with E-state index in [1.165, 1.54) is 22.3 Å². The maximum absolute atomic E-state index is 10.4. The van der Waals surface area contributed by atoms with E-state index in [4.69, 9.17) is 0 Å². The smallest absolute Gasteiger partial charge is 0.309 e. The number of rotatable bonds is 4. The molecule has 5 aromatic heterocycles. The summed E-state index contributed by atoms with van der Waals surface area (Å²) in [5, 5.41) is 0. The first-order valence-corrected chi connectivity index (χ1v) is 13.5. The molecule has 0 unspecified atom stereocenters. The molecule has 214 valence electrons. The predicted octanol–water partition coefficient (Wildman–Crippen LogP) is 7.88.